The third kappa shape index (κ3) is 7.61. The number of carbonyl (C=O) groups is 1. The van der Waals surface area contributed by atoms with Crippen LogP contribution in [0, 0.1) is 17.3 Å². The monoisotopic (exact) mass is 612 g/mol. The van der Waals surface area contributed by atoms with Gasteiger partial charge in [0.15, 0.2) is 14.7 Å². The Morgan fingerprint density at radius 2 is 1.33 bits per heavy atom. The molecule has 0 saturated heterocycles. The molecular weight excluding hydrogens is 575 g/mol. The Kier molecular flexibility index (Phi) is 9.42. The number of benzene rings is 3. The van der Waals surface area contributed by atoms with E-state index in [-0.39, 0.29) is 23.9 Å². The highest BCUT2D eigenvalue weighted by Crippen LogP contribution is 2.62. The van der Waals surface area contributed by atoms with E-state index in [0.29, 0.717) is 31.1 Å². The van der Waals surface area contributed by atoms with E-state index in [1.807, 2.05) is 0 Å². The van der Waals surface area contributed by atoms with Gasteiger partial charge in [-0.05, 0) is 86.8 Å². The van der Waals surface area contributed by atoms with Crippen LogP contribution < -0.4 is 0 Å². The Bertz CT molecular complexity index is 1330. The first-order valence-corrected chi connectivity index (χ1v) is 17.2. The van der Waals surface area contributed by atoms with Gasteiger partial charge in [-0.3, -0.25) is 4.79 Å². The second kappa shape index (κ2) is 12.9. The van der Waals surface area contributed by atoms with Gasteiger partial charge in [0.05, 0.1) is 44.4 Å². The van der Waals surface area contributed by atoms with Crippen LogP contribution in [-0.2, 0) is 30.5 Å². The van der Waals surface area contributed by atoms with E-state index in [9.17, 15) is 27.3 Å². The number of aliphatic hydroxyl groups is 1. The zero-order chi connectivity index (χ0) is 29.8. The predicted octanol–water partition coefficient (Wildman–Crippen LogP) is 5.92. The van der Waals surface area contributed by atoms with Crippen molar-refractivity contribution in [3.8, 4) is 0 Å². The van der Waals surface area contributed by atoms with Crippen molar-refractivity contribution in [1.29, 1.82) is 0 Å². The second-order valence-electron chi connectivity index (χ2n) is 12.0. The molecule has 0 spiro atoms. The average Bonchev–Trinajstić information content (AvgIpc) is 2.93. The molecule has 0 amide bonds. The summed E-state index contributed by atoms with van der Waals surface area (Å²) in [5, 5.41) is 10.6. The SMILES string of the molecule is O=C(OCCC(F)CS(=O)(=O)[O-])C12CC3CC(CC(O)(C3)C1)C2.c1ccc([S+](c2ccccc2)c2ccccc2)cc1. The largest absolute Gasteiger partial charge is 0.748 e. The number of hydrogen-bond acceptors (Lipinski definition) is 6. The highest BCUT2D eigenvalue weighted by atomic mass is 32.2. The number of carbonyl (C=O) groups excluding carboxylic acids is 1. The van der Waals surface area contributed by atoms with Crippen LogP contribution in [0.3, 0.4) is 0 Å². The van der Waals surface area contributed by atoms with E-state index in [1.165, 1.54) is 14.7 Å². The summed E-state index contributed by atoms with van der Waals surface area (Å²) in [4.78, 5) is 16.6. The van der Waals surface area contributed by atoms with Gasteiger partial charge in [-0.25, -0.2) is 12.8 Å². The molecule has 4 aliphatic carbocycles. The fourth-order valence-electron chi connectivity index (χ4n) is 7.27. The molecule has 7 rings (SSSR count). The highest BCUT2D eigenvalue weighted by molar-refractivity contribution is 7.97. The zero-order valence-electron chi connectivity index (χ0n) is 23.4. The molecule has 0 aliphatic heterocycles. The number of ether oxygens (including phenoxy) is 1. The molecule has 0 radical (unpaired) electrons. The van der Waals surface area contributed by atoms with E-state index in [2.05, 4.69) is 91.0 Å². The summed E-state index contributed by atoms with van der Waals surface area (Å²) in [6, 6.07) is 32.2. The van der Waals surface area contributed by atoms with Gasteiger partial charge in [0.2, 0.25) is 0 Å². The van der Waals surface area contributed by atoms with Crippen LogP contribution in [0.15, 0.2) is 106 Å². The maximum atomic E-state index is 13.4. The lowest BCUT2D eigenvalue weighted by atomic mass is 9.48. The zero-order valence-corrected chi connectivity index (χ0v) is 25.1. The van der Waals surface area contributed by atoms with Gasteiger partial charge in [0.1, 0.15) is 6.17 Å². The minimum Gasteiger partial charge on any atom is -0.748 e. The minimum atomic E-state index is -4.62. The average molecular weight is 613 g/mol. The maximum absolute atomic E-state index is 13.4. The lowest BCUT2D eigenvalue weighted by molar-refractivity contribution is -0.196. The molecule has 42 heavy (non-hydrogen) atoms. The first-order valence-electron chi connectivity index (χ1n) is 14.4. The van der Waals surface area contributed by atoms with Gasteiger partial charge in [-0.2, -0.15) is 0 Å². The fraction of sp³-hybridized carbons (Fsp3) is 0.424. The van der Waals surface area contributed by atoms with Crippen molar-refractivity contribution >= 4 is 27.0 Å². The standard InChI is InChI=1S/C18H15S.C15H23FO6S/c1-4-10-16(11-5-1)19(17-12-6-2-7-13-17)18-14-8-3-9-15-18;16-12(8-23(19,20)21)1-2-22-13(17)14-4-10-3-11(5-14)7-15(18,6-10)9-14/h1-15H;10-12,18H,1-9H2,(H,19,20,21)/q+1;/p-1. The van der Waals surface area contributed by atoms with E-state index in [1.54, 1.807) is 0 Å². The van der Waals surface area contributed by atoms with Crippen LogP contribution in [0.4, 0.5) is 4.39 Å². The number of hydrogen-bond donors (Lipinski definition) is 1. The highest BCUT2D eigenvalue weighted by Gasteiger charge is 2.60. The molecule has 4 saturated carbocycles. The number of halogens is 1. The van der Waals surface area contributed by atoms with Crippen LogP contribution in [0.1, 0.15) is 44.9 Å². The van der Waals surface area contributed by atoms with E-state index >= 15 is 0 Å². The number of alkyl halides is 1. The Hall–Kier alpha value is -2.72. The Morgan fingerprint density at radius 3 is 1.74 bits per heavy atom. The molecule has 4 fully saturated rings. The predicted molar refractivity (Wildman–Crippen MR) is 159 cm³/mol. The van der Waals surface area contributed by atoms with Gasteiger partial charge in [-0.1, -0.05) is 54.6 Å². The molecule has 3 unspecified atom stereocenters. The van der Waals surface area contributed by atoms with E-state index in [4.69, 9.17) is 4.74 Å². The lowest BCUT2D eigenvalue weighted by Gasteiger charge is -2.58. The number of rotatable bonds is 9. The molecule has 224 valence electrons. The van der Waals surface area contributed by atoms with Gasteiger partial charge >= 0.3 is 5.97 Å². The van der Waals surface area contributed by atoms with Gasteiger partial charge in [0, 0.05) is 6.42 Å². The topological polar surface area (TPSA) is 104 Å². The van der Waals surface area contributed by atoms with Crippen molar-refractivity contribution in [2.24, 2.45) is 17.3 Å². The molecule has 0 heterocycles. The van der Waals surface area contributed by atoms with Crippen LogP contribution >= 0.6 is 0 Å². The van der Waals surface area contributed by atoms with Crippen LogP contribution in [0.2, 0.25) is 0 Å². The molecule has 6 nitrogen and oxygen atoms in total. The third-order valence-electron chi connectivity index (χ3n) is 8.45. The van der Waals surface area contributed by atoms with Gasteiger partial charge in [-0.15, -0.1) is 0 Å². The molecule has 3 aromatic rings. The van der Waals surface area contributed by atoms with Gasteiger partial charge in [0.25, 0.3) is 0 Å². The fourth-order valence-corrected chi connectivity index (χ4v) is 9.98. The minimum absolute atomic E-state index is 0.0146. The Morgan fingerprint density at radius 1 is 0.881 bits per heavy atom. The first-order chi connectivity index (χ1) is 20.0. The van der Waals surface area contributed by atoms with Crippen molar-refractivity contribution in [3.05, 3.63) is 91.0 Å². The van der Waals surface area contributed by atoms with Crippen molar-refractivity contribution in [2.75, 3.05) is 12.4 Å². The summed E-state index contributed by atoms with van der Waals surface area (Å²) in [5.74, 6) is -0.830. The summed E-state index contributed by atoms with van der Waals surface area (Å²) in [5.41, 5.74) is -1.45. The Balaban J connectivity index is 0.000000171. The number of esters is 1. The summed E-state index contributed by atoms with van der Waals surface area (Å²) in [6.45, 7) is -0.245. The summed E-state index contributed by atoms with van der Waals surface area (Å²) in [6.07, 6.45) is 2.22. The molecule has 4 bridgehead atoms. The molecule has 9 heteroatoms. The van der Waals surface area contributed by atoms with E-state index < -0.39 is 39.0 Å². The molecule has 1 N–H and O–H groups in total. The molecular formula is C33H37FO6S2. The van der Waals surface area contributed by atoms with Crippen LogP contribution in [0.5, 0.6) is 0 Å². The summed E-state index contributed by atoms with van der Waals surface area (Å²) < 4.78 is 49.9. The summed E-state index contributed by atoms with van der Waals surface area (Å²) in [7, 11) is -4.63. The quantitative estimate of drug-likeness (QED) is 0.183. The smallest absolute Gasteiger partial charge is 0.312 e. The molecule has 3 atom stereocenters. The lowest BCUT2D eigenvalue weighted by Crippen LogP contribution is -2.58. The normalized spacial score (nSPS) is 26.8. The second-order valence-corrected chi connectivity index (χ2v) is 15.4. The first kappa shape index (κ1) is 30.7. The van der Waals surface area contributed by atoms with Crippen molar-refractivity contribution in [2.45, 2.75) is 71.4 Å². The third-order valence-corrected chi connectivity index (χ3v) is 11.4. The van der Waals surface area contributed by atoms with Crippen LogP contribution in [0.25, 0.3) is 0 Å². The molecule has 0 aromatic heterocycles. The van der Waals surface area contributed by atoms with Crippen molar-refractivity contribution < 1.29 is 32.0 Å². The van der Waals surface area contributed by atoms with Gasteiger partial charge < -0.3 is 14.4 Å². The van der Waals surface area contributed by atoms with E-state index in [0.717, 1.165) is 19.3 Å². The van der Waals surface area contributed by atoms with Crippen molar-refractivity contribution in [1.82, 2.24) is 0 Å². The molecule has 4 aliphatic rings. The Labute approximate surface area is 250 Å². The molecule has 3 aromatic carbocycles. The van der Waals surface area contributed by atoms with Crippen molar-refractivity contribution in [3.63, 3.8) is 0 Å². The maximum Gasteiger partial charge on any atom is 0.312 e. The summed E-state index contributed by atoms with van der Waals surface area (Å²) >= 11 is 0. The van der Waals surface area contributed by atoms with Crippen LogP contribution in [-0.4, -0.2) is 48.2 Å².